The number of aromatic nitrogens is 1. The number of pyridine rings is 1. The molecular weight excluding hydrogens is 173 g/mol. The molecule has 0 aliphatic rings. The highest BCUT2D eigenvalue weighted by molar-refractivity contribution is 5.72. The smallest absolute Gasteiger partial charge is 0.311 e. The van der Waals surface area contributed by atoms with E-state index >= 15 is 0 Å². The van der Waals surface area contributed by atoms with Crippen LogP contribution in [0.3, 0.4) is 0 Å². The average Bonchev–Trinajstić information content (AvgIpc) is 2.13. The van der Waals surface area contributed by atoms with Gasteiger partial charge in [-0.05, 0) is 13.0 Å². The Kier molecular flexibility index (Phi) is 2.95. The second kappa shape index (κ2) is 3.98. The van der Waals surface area contributed by atoms with Crippen molar-refractivity contribution in [2.24, 2.45) is 0 Å². The van der Waals surface area contributed by atoms with E-state index in [1.165, 1.54) is 19.4 Å². The van der Waals surface area contributed by atoms with Crippen molar-refractivity contribution in [2.45, 2.75) is 13.3 Å². The first kappa shape index (κ1) is 9.64. The van der Waals surface area contributed by atoms with E-state index in [1.54, 1.807) is 6.92 Å². The predicted octanol–water partition coefficient (Wildman–Crippen LogP) is 1.24. The van der Waals surface area contributed by atoms with Crippen LogP contribution in [0.2, 0.25) is 0 Å². The van der Waals surface area contributed by atoms with Crippen LogP contribution < -0.4 is 0 Å². The van der Waals surface area contributed by atoms with E-state index in [1.807, 2.05) is 0 Å². The molecule has 4 heteroatoms. The summed E-state index contributed by atoms with van der Waals surface area (Å²) in [4.78, 5) is 14.7. The number of nitrogens with zero attached hydrogens (tertiary/aromatic N) is 1. The monoisotopic (exact) mass is 183 g/mol. The Balaban J connectivity index is 2.89. The lowest BCUT2D eigenvalue weighted by Gasteiger charge is -2.03. The summed E-state index contributed by atoms with van der Waals surface area (Å²) in [7, 11) is 1.29. The van der Waals surface area contributed by atoms with E-state index in [2.05, 4.69) is 9.72 Å². The number of esters is 1. The Morgan fingerprint density at radius 2 is 2.38 bits per heavy atom. The summed E-state index contributed by atoms with van der Waals surface area (Å²) in [5, 5.41) is 0. The Labute approximate surface area is 75.6 Å². The Morgan fingerprint density at radius 1 is 1.69 bits per heavy atom. The molecule has 0 amide bonds. The Hall–Kier alpha value is -1.45. The van der Waals surface area contributed by atoms with E-state index in [0.29, 0.717) is 11.3 Å². The lowest BCUT2D eigenvalue weighted by atomic mass is 10.1. The maximum absolute atomic E-state index is 12.9. The zero-order valence-corrected chi connectivity index (χ0v) is 7.50. The lowest BCUT2D eigenvalue weighted by molar-refractivity contribution is -0.139. The molecular formula is C9H10FNO2. The minimum atomic E-state index is -0.416. The van der Waals surface area contributed by atoms with Gasteiger partial charge >= 0.3 is 5.97 Å². The molecule has 0 saturated carbocycles. The first-order chi connectivity index (χ1) is 6.15. The van der Waals surface area contributed by atoms with Crippen molar-refractivity contribution < 1.29 is 13.9 Å². The molecule has 0 radical (unpaired) electrons. The highest BCUT2D eigenvalue weighted by Crippen LogP contribution is 2.09. The SMILES string of the molecule is COC(=O)Cc1nccc(F)c1C. The highest BCUT2D eigenvalue weighted by Gasteiger charge is 2.09. The number of hydrogen-bond donors (Lipinski definition) is 0. The van der Waals surface area contributed by atoms with Gasteiger partial charge in [0.1, 0.15) is 5.82 Å². The molecule has 1 heterocycles. The van der Waals surface area contributed by atoms with Gasteiger partial charge in [-0.15, -0.1) is 0 Å². The molecule has 1 rings (SSSR count). The van der Waals surface area contributed by atoms with E-state index in [-0.39, 0.29) is 12.2 Å². The first-order valence-corrected chi connectivity index (χ1v) is 3.82. The van der Waals surface area contributed by atoms with Gasteiger partial charge in [-0.1, -0.05) is 0 Å². The Bertz CT molecular complexity index is 325. The number of carbonyl (C=O) groups excluding carboxylic acids is 1. The number of rotatable bonds is 2. The fraction of sp³-hybridized carbons (Fsp3) is 0.333. The second-order valence-electron chi connectivity index (χ2n) is 2.62. The number of carbonyl (C=O) groups is 1. The molecule has 70 valence electrons. The van der Waals surface area contributed by atoms with Crippen molar-refractivity contribution in [1.82, 2.24) is 4.98 Å². The van der Waals surface area contributed by atoms with Crippen molar-refractivity contribution in [3.05, 3.63) is 29.3 Å². The van der Waals surface area contributed by atoms with Crippen molar-refractivity contribution in [3.8, 4) is 0 Å². The van der Waals surface area contributed by atoms with Crippen LogP contribution in [0.1, 0.15) is 11.3 Å². The average molecular weight is 183 g/mol. The van der Waals surface area contributed by atoms with E-state index in [4.69, 9.17) is 0 Å². The Morgan fingerprint density at radius 3 is 3.00 bits per heavy atom. The minimum Gasteiger partial charge on any atom is -0.469 e. The molecule has 13 heavy (non-hydrogen) atoms. The van der Waals surface area contributed by atoms with Gasteiger partial charge in [0.2, 0.25) is 0 Å². The van der Waals surface area contributed by atoms with Gasteiger partial charge in [0.05, 0.1) is 19.2 Å². The van der Waals surface area contributed by atoms with Crippen LogP contribution in [0, 0.1) is 12.7 Å². The zero-order chi connectivity index (χ0) is 9.84. The number of ether oxygens (including phenoxy) is 1. The maximum atomic E-state index is 12.9. The van der Waals surface area contributed by atoms with Crippen molar-refractivity contribution in [3.63, 3.8) is 0 Å². The summed E-state index contributed by atoms with van der Waals surface area (Å²) in [6.07, 6.45) is 1.35. The zero-order valence-electron chi connectivity index (χ0n) is 7.50. The van der Waals surface area contributed by atoms with Crippen LogP contribution in [-0.2, 0) is 16.0 Å². The van der Waals surface area contributed by atoms with E-state index < -0.39 is 5.97 Å². The standard InChI is InChI=1S/C9H10FNO2/c1-6-7(10)3-4-11-8(6)5-9(12)13-2/h3-4H,5H2,1-2H3. The summed E-state index contributed by atoms with van der Waals surface area (Å²) in [5.74, 6) is -0.768. The lowest BCUT2D eigenvalue weighted by Crippen LogP contribution is -2.08. The topological polar surface area (TPSA) is 39.2 Å². The fourth-order valence-corrected chi connectivity index (χ4v) is 0.939. The molecule has 0 N–H and O–H groups in total. The van der Waals surface area contributed by atoms with E-state index in [9.17, 15) is 9.18 Å². The largest absolute Gasteiger partial charge is 0.469 e. The number of methoxy groups -OCH3 is 1. The van der Waals surface area contributed by atoms with Gasteiger partial charge < -0.3 is 4.74 Å². The molecule has 1 aromatic heterocycles. The molecule has 0 aromatic carbocycles. The summed E-state index contributed by atoms with van der Waals surface area (Å²) >= 11 is 0. The molecule has 0 spiro atoms. The van der Waals surface area contributed by atoms with Gasteiger partial charge in [0.25, 0.3) is 0 Å². The summed E-state index contributed by atoms with van der Waals surface area (Å²) < 4.78 is 17.4. The summed E-state index contributed by atoms with van der Waals surface area (Å²) in [5.41, 5.74) is 0.819. The molecule has 0 bridgehead atoms. The van der Waals surface area contributed by atoms with Gasteiger partial charge in [-0.3, -0.25) is 9.78 Å². The molecule has 0 fully saturated rings. The van der Waals surface area contributed by atoms with Crippen LogP contribution >= 0.6 is 0 Å². The highest BCUT2D eigenvalue weighted by atomic mass is 19.1. The summed E-state index contributed by atoms with van der Waals surface area (Å²) in [6, 6.07) is 1.26. The van der Waals surface area contributed by atoms with Gasteiger partial charge in [0, 0.05) is 11.8 Å². The normalized spacial score (nSPS) is 9.77. The number of hydrogen-bond acceptors (Lipinski definition) is 3. The molecule has 0 unspecified atom stereocenters. The minimum absolute atomic E-state index is 0.0140. The molecule has 0 atom stereocenters. The third-order valence-corrected chi connectivity index (χ3v) is 1.78. The third kappa shape index (κ3) is 2.24. The molecule has 0 saturated heterocycles. The van der Waals surface area contributed by atoms with Gasteiger partial charge in [-0.25, -0.2) is 4.39 Å². The van der Waals surface area contributed by atoms with Crippen LogP contribution in [0.4, 0.5) is 4.39 Å². The van der Waals surface area contributed by atoms with Crippen LogP contribution in [-0.4, -0.2) is 18.1 Å². The van der Waals surface area contributed by atoms with Crippen LogP contribution in [0.25, 0.3) is 0 Å². The summed E-state index contributed by atoms with van der Waals surface area (Å²) in [6.45, 7) is 1.58. The predicted molar refractivity (Wildman–Crippen MR) is 44.7 cm³/mol. The fourth-order valence-electron chi connectivity index (χ4n) is 0.939. The molecule has 0 aliphatic carbocycles. The molecule has 0 aliphatic heterocycles. The van der Waals surface area contributed by atoms with Gasteiger partial charge in [0.15, 0.2) is 0 Å². The quantitative estimate of drug-likeness (QED) is 0.647. The molecule has 3 nitrogen and oxygen atoms in total. The van der Waals surface area contributed by atoms with Crippen molar-refractivity contribution >= 4 is 5.97 Å². The second-order valence-corrected chi connectivity index (χ2v) is 2.62. The number of halogens is 1. The third-order valence-electron chi connectivity index (χ3n) is 1.78. The van der Waals surface area contributed by atoms with Gasteiger partial charge in [-0.2, -0.15) is 0 Å². The van der Waals surface area contributed by atoms with Crippen molar-refractivity contribution in [1.29, 1.82) is 0 Å². The maximum Gasteiger partial charge on any atom is 0.311 e. The molecule has 1 aromatic rings. The van der Waals surface area contributed by atoms with Crippen LogP contribution in [0.15, 0.2) is 12.3 Å². The van der Waals surface area contributed by atoms with E-state index in [0.717, 1.165) is 0 Å². The van der Waals surface area contributed by atoms with Crippen molar-refractivity contribution in [2.75, 3.05) is 7.11 Å². The first-order valence-electron chi connectivity index (χ1n) is 3.82. The van der Waals surface area contributed by atoms with Crippen LogP contribution in [0.5, 0.6) is 0 Å².